The number of nitrogens with zero attached hydrogens (tertiary/aromatic N) is 5. The highest BCUT2D eigenvalue weighted by atomic mass is 15.2. The number of imidazole rings is 1. The summed E-state index contributed by atoms with van der Waals surface area (Å²) in [4.78, 5) is 16.4. The van der Waals surface area contributed by atoms with Crippen molar-refractivity contribution < 1.29 is 0 Å². The van der Waals surface area contributed by atoms with Crippen LogP contribution < -0.4 is 10.2 Å². The van der Waals surface area contributed by atoms with Crippen molar-refractivity contribution >= 4 is 17.3 Å². The Hall–Kier alpha value is -2.63. The summed E-state index contributed by atoms with van der Waals surface area (Å²) in [6.07, 6.45) is 6.47. The molecule has 0 saturated carbocycles. The van der Waals surface area contributed by atoms with Gasteiger partial charge in [0.15, 0.2) is 0 Å². The third-order valence-electron chi connectivity index (χ3n) is 5.11. The molecule has 1 saturated heterocycles. The molecule has 6 nitrogen and oxygen atoms in total. The SMILES string of the molecule is CNc1cc(N2CCCC(c3cnc4ccccn34)C2)nc(C(C)C)n1. The minimum atomic E-state index is 0.307. The van der Waals surface area contributed by atoms with Crippen LogP contribution in [0.4, 0.5) is 11.6 Å². The molecule has 4 heterocycles. The van der Waals surface area contributed by atoms with Gasteiger partial charge in [0.25, 0.3) is 0 Å². The molecule has 0 aromatic carbocycles. The average Bonchev–Trinajstić information content (AvgIpc) is 3.12. The summed E-state index contributed by atoms with van der Waals surface area (Å²) in [6.45, 7) is 6.26. The number of rotatable bonds is 4. The fourth-order valence-corrected chi connectivity index (χ4v) is 3.68. The quantitative estimate of drug-likeness (QED) is 0.778. The Labute approximate surface area is 154 Å². The van der Waals surface area contributed by atoms with Crippen molar-refractivity contribution in [2.75, 3.05) is 30.4 Å². The molecule has 136 valence electrons. The minimum Gasteiger partial charge on any atom is -0.373 e. The second-order valence-corrected chi connectivity index (χ2v) is 7.27. The fourth-order valence-electron chi connectivity index (χ4n) is 3.68. The van der Waals surface area contributed by atoms with E-state index in [1.807, 2.05) is 19.3 Å². The van der Waals surface area contributed by atoms with Gasteiger partial charge in [0, 0.05) is 56.1 Å². The summed E-state index contributed by atoms with van der Waals surface area (Å²) in [5.41, 5.74) is 2.30. The smallest absolute Gasteiger partial charge is 0.136 e. The highest BCUT2D eigenvalue weighted by Crippen LogP contribution is 2.31. The topological polar surface area (TPSA) is 58.4 Å². The Morgan fingerprint density at radius 2 is 2.12 bits per heavy atom. The Kier molecular flexibility index (Phi) is 4.49. The zero-order chi connectivity index (χ0) is 18.1. The molecule has 1 N–H and O–H groups in total. The number of hydrogen-bond donors (Lipinski definition) is 1. The first kappa shape index (κ1) is 16.8. The molecule has 4 rings (SSSR count). The molecule has 1 fully saturated rings. The van der Waals surface area contributed by atoms with E-state index in [1.165, 1.54) is 12.1 Å². The molecule has 6 heteroatoms. The number of pyridine rings is 1. The van der Waals surface area contributed by atoms with Crippen LogP contribution in [-0.2, 0) is 0 Å². The second-order valence-electron chi connectivity index (χ2n) is 7.27. The van der Waals surface area contributed by atoms with Crippen LogP contribution in [-0.4, -0.2) is 39.5 Å². The van der Waals surface area contributed by atoms with Crippen molar-refractivity contribution in [3.8, 4) is 0 Å². The average molecular weight is 350 g/mol. The van der Waals surface area contributed by atoms with Crippen molar-refractivity contribution in [1.29, 1.82) is 0 Å². The van der Waals surface area contributed by atoms with E-state index in [9.17, 15) is 0 Å². The van der Waals surface area contributed by atoms with E-state index in [4.69, 9.17) is 4.98 Å². The first-order chi connectivity index (χ1) is 12.7. The zero-order valence-electron chi connectivity index (χ0n) is 15.7. The molecular formula is C20H26N6. The summed E-state index contributed by atoms with van der Waals surface area (Å²) in [6, 6.07) is 8.22. The monoisotopic (exact) mass is 350 g/mol. The van der Waals surface area contributed by atoms with Gasteiger partial charge in [0.2, 0.25) is 0 Å². The van der Waals surface area contributed by atoms with Gasteiger partial charge in [-0.3, -0.25) is 0 Å². The van der Waals surface area contributed by atoms with Gasteiger partial charge in [-0.2, -0.15) is 0 Å². The van der Waals surface area contributed by atoms with Crippen LogP contribution in [0.5, 0.6) is 0 Å². The van der Waals surface area contributed by atoms with Crippen molar-refractivity contribution in [3.05, 3.63) is 48.2 Å². The maximum atomic E-state index is 4.84. The van der Waals surface area contributed by atoms with Gasteiger partial charge in [-0.05, 0) is 25.0 Å². The lowest BCUT2D eigenvalue weighted by molar-refractivity contribution is 0.495. The van der Waals surface area contributed by atoms with Gasteiger partial charge in [-0.25, -0.2) is 15.0 Å². The van der Waals surface area contributed by atoms with Crippen molar-refractivity contribution in [3.63, 3.8) is 0 Å². The molecule has 1 atom stereocenters. The number of nitrogens with one attached hydrogen (secondary N) is 1. The van der Waals surface area contributed by atoms with Crippen molar-refractivity contribution in [2.45, 2.75) is 38.5 Å². The van der Waals surface area contributed by atoms with Crippen LogP contribution in [0.2, 0.25) is 0 Å². The molecule has 3 aromatic rings. The molecule has 1 unspecified atom stereocenters. The van der Waals surface area contributed by atoms with Gasteiger partial charge in [-0.15, -0.1) is 0 Å². The second kappa shape index (κ2) is 6.94. The van der Waals surface area contributed by atoms with Crippen LogP contribution in [0.3, 0.4) is 0 Å². The summed E-state index contributed by atoms with van der Waals surface area (Å²) in [5.74, 6) is 3.56. The van der Waals surface area contributed by atoms with Gasteiger partial charge in [0.05, 0.1) is 0 Å². The molecule has 0 radical (unpaired) electrons. The lowest BCUT2D eigenvalue weighted by Crippen LogP contribution is -2.35. The zero-order valence-corrected chi connectivity index (χ0v) is 15.7. The Morgan fingerprint density at radius 3 is 2.92 bits per heavy atom. The predicted octanol–water partition coefficient (Wildman–Crippen LogP) is 3.67. The van der Waals surface area contributed by atoms with Crippen molar-refractivity contribution in [2.24, 2.45) is 0 Å². The van der Waals surface area contributed by atoms with Gasteiger partial charge in [-0.1, -0.05) is 19.9 Å². The van der Waals surface area contributed by atoms with E-state index in [1.54, 1.807) is 0 Å². The molecule has 1 aliphatic rings. The van der Waals surface area contributed by atoms with E-state index in [2.05, 4.69) is 62.8 Å². The van der Waals surface area contributed by atoms with E-state index in [0.717, 1.165) is 42.6 Å². The maximum absolute atomic E-state index is 4.84. The Bertz CT molecular complexity index is 900. The van der Waals surface area contributed by atoms with Gasteiger partial charge < -0.3 is 14.6 Å². The highest BCUT2D eigenvalue weighted by molar-refractivity contribution is 5.50. The summed E-state index contributed by atoms with van der Waals surface area (Å²) in [7, 11) is 1.91. The molecule has 26 heavy (non-hydrogen) atoms. The molecule has 1 aliphatic heterocycles. The number of fused-ring (bicyclic) bond motifs is 1. The predicted molar refractivity (Wildman–Crippen MR) is 105 cm³/mol. The van der Waals surface area contributed by atoms with Crippen LogP contribution in [0.1, 0.15) is 50.0 Å². The molecular weight excluding hydrogens is 324 g/mol. The number of anilines is 2. The largest absolute Gasteiger partial charge is 0.373 e. The van der Waals surface area contributed by atoms with Gasteiger partial charge in [0.1, 0.15) is 23.1 Å². The third kappa shape index (κ3) is 3.11. The maximum Gasteiger partial charge on any atom is 0.136 e. The first-order valence-electron chi connectivity index (χ1n) is 9.39. The molecule has 3 aromatic heterocycles. The Balaban J connectivity index is 1.64. The van der Waals surface area contributed by atoms with Crippen molar-refractivity contribution in [1.82, 2.24) is 19.4 Å². The van der Waals surface area contributed by atoms with E-state index in [0.29, 0.717) is 11.8 Å². The van der Waals surface area contributed by atoms with Crippen LogP contribution in [0.15, 0.2) is 36.7 Å². The third-order valence-corrected chi connectivity index (χ3v) is 5.11. The number of aromatic nitrogens is 4. The van der Waals surface area contributed by atoms with E-state index >= 15 is 0 Å². The lowest BCUT2D eigenvalue weighted by Gasteiger charge is -2.33. The molecule has 0 aliphatic carbocycles. The summed E-state index contributed by atoms with van der Waals surface area (Å²) in [5, 5.41) is 3.17. The van der Waals surface area contributed by atoms with Gasteiger partial charge >= 0.3 is 0 Å². The molecule has 0 bridgehead atoms. The number of piperidine rings is 1. The van der Waals surface area contributed by atoms with Crippen LogP contribution in [0.25, 0.3) is 5.65 Å². The first-order valence-corrected chi connectivity index (χ1v) is 9.39. The van der Waals surface area contributed by atoms with Crippen LogP contribution >= 0.6 is 0 Å². The van der Waals surface area contributed by atoms with Crippen LogP contribution in [0, 0.1) is 0 Å². The lowest BCUT2D eigenvalue weighted by atomic mass is 9.95. The highest BCUT2D eigenvalue weighted by Gasteiger charge is 2.25. The Morgan fingerprint density at radius 1 is 1.23 bits per heavy atom. The fraction of sp³-hybridized carbons (Fsp3) is 0.450. The molecule has 0 spiro atoms. The number of hydrogen-bond acceptors (Lipinski definition) is 5. The van der Waals surface area contributed by atoms with E-state index < -0.39 is 0 Å². The molecule has 0 amide bonds. The standard InChI is InChI=1S/C20H26N6/c1-14(2)20-23-17(21-3)11-19(24-20)25-9-6-7-15(13-25)16-12-22-18-8-4-5-10-26(16)18/h4-5,8,10-12,14-15H,6-7,9,13H2,1-3H3,(H,21,23,24). The summed E-state index contributed by atoms with van der Waals surface area (Å²) < 4.78 is 2.21. The van der Waals surface area contributed by atoms with E-state index in [-0.39, 0.29) is 0 Å². The minimum absolute atomic E-state index is 0.307. The summed E-state index contributed by atoms with van der Waals surface area (Å²) >= 11 is 0. The normalized spacial score (nSPS) is 17.8.